The normalized spacial score (nSPS) is 10.3. The molecule has 100 valence electrons. The summed E-state index contributed by atoms with van der Waals surface area (Å²) < 4.78 is 6.51. The lowest BCUT2D eigenvalue weighted by Crippen LogP contribution is -2.05. The number of rotatable bonds is 5. The minimum atomic E-state index is 0.513. The van der Waals surface area contributed by atoms with Crippen molar-refractivity contribution < 1.29 is 4.74 Å². The predicted octanol–water partition coefficient (Wildman–Crippen LogP) is 4.16. The molecule has 0 bridgehead atoms. The van der Waals surface area contributed by atoms with E-state index in [1.54, 1.807) is 6.20 Å². The van der Waals surface area contributed by atoms with E-state index in [0.717, 1.165) is 28.8 Å². The van der Waals surface area contributed by atoms with Crippen molar-refractivity contribution in [2.45, 2.75) is 20.3 Å². The molecule has 2 rings (SSSR count). The quantitative estimate of drug-likeness (QED) is 0.898. The molecule has 5 heteroatoms. The third-order valence-electron chi connectivity index (χ3n) is 2.45. The molecule has 0 radical (unpaired) electrons. The maximum atomic E-state index is 5.77. The number of halogens is 1. The Hall–Kier alpha value is -1.62. The molecule has 0 aliphatic rings. The van der Waals surface area contributed by atoms with E-state index in [1.807, 2.05) is 31.2 Å². The fraction of sp³-hybridized carbons (Fsp3) is 0.286. The molecule has 4 nitrogen and oxygen atoms in total. The van der Waals surface area contributed by atoms with Crippen LogP contribution in [0.1, 0.15) is 18.9 Å². The van der Waals surface area contributed by atoms with Gasteiger partial charge in [0, 0.05) is 6.54 Å². The van der Waals surface area contributed by atoms with Crippen molar-refractivity contribution in [3.63, 3.8) is 0 Å². The topological polar surface area (TPSA) is 47.0 Å². The average molecular weight is 322 g/mol. The van der Waals surface area contributed by atoms with Crippen LogP contribution in [0.25, 0.3) is 0 Å². The van der Waals surface area contributed by atoms with Crippen LogP contribution in [0, 0.1) is 6.92 Å². The van der Waals surface area contributed by atoms with E-state index in [1.165, 1.54) is 0 Å². The van der Waals surface area contributed by atoms with Crippen molar-refractivity contribution in [1.29, 1.82) is 0 Å². The van der Waals surface area contributed by atoms with Crippen molar-refractivity contribution in [2.75, 3.05) is 11.9 Å². The number of hydrogen-bond acceptors (Lipinski definition) is 4. The average Bonchev–Trinajstić information content (AvgIpc) is 2.40. The first kappa shape index (κ1) is 13.8. The highest BCUT2D eigenvalue weighted by Crippen LogP contribution is 2.28. The van der Waals surface area contributed by atoms with Gasteiger partial charge in [0.1, 0.15) is 5.75 Å². The molecule has 0 atom stereocenters. The highest BCUT2D eigenvalue weighted by atomic mass is 79.9. The molecule has 1 aromatic heterocycles. The maximum absolute atomic E-state index is 5.77. The Morgan fingerprint density at radius 1 is 1.37 bits per heavy atom. The molecular weight excluding hydrogens is 306 g/mol. The summed E-state index contributed by atoms with van der Waals surface area (Å²) in [4.78, 5) is 8.53. The van der Waals surface area contributed by atoms with Crippen LogP contribution in [-0.4, -0.2) is 16.5 Å². The van der Waals surface area contributed by atoms with Crippen LogP contribution in [0.2, 0.25) is 0 Å². The van der Waals surface area contributed by atoms with Crippen molar-refractivity contribution >= 4 is 21.9 Å². The highest BCUT2D eigenvalue weighted by Gasteiger charge is 2.07. The summed E-state index contributed by atoms with van der Waals surface area (Å²) in [6, 6.07) is 7.85. The van der Waals surface area contributed by atoms with Gasteiger partial charge in [0.05, 0.1) is 10.7 Å². The number of nitrogens with zero attached hydrogens (tertiary/aromatic N) is 2. The molecule has 1 heterocycles. The van der Waals surface area contributed by atoms with Crippen LogP contribution in [0.15, 0.2) is 34.9 Å². The Kier molecular flexibility index (Phi) is 4.74. The fourth-order valence-electron chi connectivity index (χ4n) is 1.54. The second-order valence-electron chi connectivity index (χ2n) is 4.19. The summed E-state index contributed by atoms with van der Waals surface area (Å²) in [5.74, 6) is 1.85. The number of anilines is 1. The molecule has 0 aliphatic heterocycles. The largest absolute Gasteiger partial charge is 0.438 e. The van der Waals surface area contributed by atoms with Crippen LogP contribution < -0.4 is 10.1 Å². The molecule has 1 aromatic carbocycles. The predicted molar refractivity (Wildman–Crippen MR) is 79.8 cm³/mol. The van der Waals surface area contributed by atoms with E-state index in [9.17, 15) is 0 Å². The Morgan fingerprint density at radius 3 is 2.95 bits per heavy atom. The Morgan fingerprint density at radius 2 is 2.21 bits per heavy atom. The fourth-order valence-corrected chi connectivity index (χ4v) is 1.81. The van der Waals surface area contributed by atoms with Crippen LogP contribution in [-0.2, 0) is 0 Å². The molecule has 2 aromatic rings. The molecule has 1 N–H and O–H groups in total. The van der Waals surface area contributed by atoms with Gasteiger partial charge in [0.2, 0.25) is 11.8 Å². The van der Waals surface area contributed by atoms with Crippen molar-refractivity contribution in [3.05, 3.63) is 40.5 Å². The van der Waals surface area contributed by atoms with Gasteiger partial charge in [0.15, 0.2) is 0 Å². The van der Waals surface area contributed by atoms with E-state index in [2.05, 4.69) is 38.1 Å². The standard InChI is InChI=1S/C14H16BrN3O/c1-3-7-16-14-17-9-12(15)13(18-14)19-11-6-4-5-10(2)8-11/h4-6,8-9H,3,7H2,1-2H3,(H,16,17,18). The second kappa shape index (κ2) is 6.52. The first-order chi connectivity index (χ1) is 9.19. The van der Waals surface area contributed by atoms with Gasteiger partial charge in [-0.1, -0.05) is 19.1 Å². The number of aromatic nitrogens is 2. The van der Waals surface area contributed by atoms with E-state index in [0.29, 0.717) is 11.8 Å². The zero-order chi connectivity index (χ0) is 13.7. The summed E-state index contributed by atoms with van der Waals surface area (Å²) in [6.07, 6.45) is 2.71. The minimum Gasteiger partial charge on any atom is -0.438 e. The van der Waals surface area contributed by atoms with Crippen molar-refractivity contribution in [1.82, 2.24) is 9.97 Å². The monoisotopic (exact) mass is 321 g/mol. The van der Waals surface area contributed by atoms with Crippen molar-refractivity contribution in [3.8, 4) is 11.6 Å². The highest BCUT2D eigenvalue weighted by molar-refractivity contribution is 9.10. The first-order valence-corrected chi connectivity index (χ1v) is 6.99. The number of hydrogen-bond donors (Lipinski definition) is 1. The van der Waals surface area contributed by atoms with E-state index in [-0.39, 0.29) is 0 Å². The zero-order valence-electron chi connectivity index (χ0n) is 11.0. The lowest BCUT2D eigenvalue weighted by Gasteiger charge is -2.09. The molecule has 0 fully saturated rings. The summed E-state index contributed by atoms with van der Waals surface area (Å²) in [5, 5.41) is 3.14. The minimum absolute atomic E-state index is 0.513. The molecule has 19 heavy (non-hydrogen) atoms. The molecule has 0 amide bonds. The summed E-state index contributed by atoms with van der Waals surface area (Å²) in [5.41, 5.74) is 1.15. The van der Waals surface area contributed by atoms with Gasteiger partial charge in [-0.15, -0.1) is 0 Å². The molecule has 0 unspecified atom stereocenters. The molecule has 0 spiro atoms. The summed E-state index contributed by atoms with van der Waals surface area (Å²) in [6.45, 7) is 4.96. The molecule has 0 saturated heterocycles. The van der Waals surface area contributed by atoms with E-state index < -0.39 is 0 Å². The summed E-state index contributed by atoms with van der Waals surface area (Å²) in [7, 11) is 0. The van der Waals surface area contributed by atoms with E-state index in [4.69, 9.17) is 4.74 Å². The van der Waals surface area contributed by atoms with Gasteiger partial charge in [-0.25, -0.2) is 4.98 Å². The lowest BCUT2D eigenvalue weighted by atomic mass is 10.2. The van der Waals surface area contributed by atoms with Gasteiger partial charge in [-0.05, 0) is 47.0 Å². The van der Waals surface area contributed by atoms with Gasteiger partial charge < -0.3 is 10.1 Å². The molecule has 0 aliphatic carbocycles. The second-order valence-corrected chi connectivity index (χ2v) is 5.05. The SMILES string of the molecule is CCCNc1ncc(Br)c(Oc2cccc(C)c2)n1. The van der Waals surface area contributed by atoms with E-state index >= 15 is 0 Å². The Labute approximate surface area is 121 Å². The Bertz CT molecular complexity index is 560. The third-order valence-corrected chi connectivity index (χ3v) is 2.99. The maximum Gasteiger partial charge on any atom is 0.238 e. The number of nitrogens with one attached hydrogen (secondary N) is 1. The van der Waals surface area contributed by atoms with Gasteiger partial charge in [-0.3, -0.25) is 0 Å². The third kappa shape index (κ3) is 3.92. The number of ether oxygens (including phenoxy) is 1. The molecule has 0 saturated carbocycles. The summed E-state index contributed by atoms with van der Waals surface area (Å²) >= 11 is 3.40. The lowest BCUT2D eigenvalue weighted by molar-refractivity contribution is 0.458. The van der Waals surface area contributed by atoms with Crippen LogP contribution in [0.5, 0.6) is 11.6 Å². The van der Waals surface area contributed by atoms with Gasteiger partial charge in [0.25, 0.3) is 0 Å². The van der Waals surface area contributed by atoms with Crippen molar-refractivity contribution in [2.24, 2.45) is 0 Å². The van der Waals surface area contributed by atoms with Crippen LogP contribution >= 0.6 is 15.9 Å². The van der Waals surface area contributed by atoms with Crippen LogP contribution in [0.3, 0.4) is 0 Å². The number of aryl methyl sites for hydroxylation is 1. The number of benzene rings is 1. The smallest absolute Gasteiger partial charge is 0.238 e. The van der Waals surface area contributed by atoms with Crippen LogP contribution in [0.4, 0.5) is 5.95 Å². The first-order valence-electron chi connectivity index (χ1n) is 6.20. The van der Waals surface area contributed by atoms with Gasteiger partial charge >= 0.3 is 0 Å². The Balaban J connectivity index is 2.19. The van der Waals surface area contributed by atoms with Gasteiger partial charge in [-0.2, -0.15) is 4.98 Å². The zero-order valence-corrected chi connectivity index (χ0v) is 12.6. The molecular formula is C14H16BrN3O.